The number of aryl methyl sites for hydroxylation is 2. The number of anilines is 1. The van der Waals surface area contributed by atoms with Crippen molar-refractivity contribution in [2.24, 2.45) is 0 Å². The number of nitrogens with zero attached hydrogens (tertiary/aromatic N) is 3. The van der Waals surface area contributed by atoms with Gasteiger partial charge >= 0.3 is 0 Å². The Morgan fingerprint density at radius 2 is 1.80 bits per heavy atom. The summed E-state index contributed by atoms with van der Waals surface area (Å²) in [5, 5.41) is 1.35. The number of carbonyl (C=O) groups is 1. The highest BCUT2D eigenvalue weighted by molar-refractivity contribution is 7.22. The smallest absolute Gasteiger partial charge is 0.266 e. The summed E-state index contributed by atoms with van der Waals surface area (Å²) in [6, 6.07) is 11.2. The van der Waals surface area contributed by atoms with Gasteiger partial charge in [-0.2, -0.15) is 0 Å². The van der Waals surface area contributed by atoms with Gasteiger partial charge in [-0.15, -0.1) is 0 Å². The number of likely N-dealkylation sites (N-methyl/N-ethyl adjacent to an activating group) is 1. The van der Waals surface area contributed by atoms with Crippen molar-refractivity contribution < 1.29 is 9.53 Å². The van der Waals surface area contributed by atoms with Crippen molar-refractivity contribution in [1.82, 2.24) is 9.88 Å². The van der Waals surface area contributed by atoms with E-state index in [0.29, 0.717) is 17.3 Å². The monoisotopic (exact) mass is 445 g/mol. The maximum Gasteiger partial charge on any atom is 0.266 e. The zero-order chi connectivity index (χ0) is 21.7. The van der Waals surface area contributed by atoms with E-state index in [1.54, 1.807) is 40.5 Å². The van der Waals surface area contributed by atoms with E-state index >= 15 is 0 Å². The van der Waals surface area contributed by atoms with E-state index in [-0.39, 0.29) is 12.5 Å². The first kappa shape index (κ1) is 22.5. The van der Waals surface area contributed by atoms with E-state index in [2.05, 4.69) is 44.7 Å². The van der Waals surface area contributed by atoms with Gasteiger partial charge in [0.25, 0.3) is 5.91 Å². The van der Waals surface area contributed by atoms with Gasteiger partial charge in [0.05, 0.1) is 10.2 Å². The van der Waals surface area contributed by atoms with Crippen LogP contribution in [0.15, 0.2) is 36.4 Å². The average molecular weight is 446 g/mol. The van der Waals surface area contributed by atoms with Crippen LogP contribution in [-0.4, -0.2) is 48.6 Å². The van der Waals surface area contributed by atoms with Crippen molar-refractivity contribution in [3.8, 4) is 5.75 Å². The van der Waals surface area contributed by atoms with Crippen molar-refractivity contribution in [3.63, 3.8) is 0 Å². The normalized spacial score (nSPS) is 11.3. The van der Waals surface area contributed by atoms with Gasteiger partial charge in [0.2, 0.25) is 0 Å². The Bertz CT molecular complexity index is 1000. The molecule has 3 aromatic rings. The average Bonchev–Trinajstić information content (AvgIpc) is 3.14. The molecule has 0 radical (unpaired) electrons. The molecular formula is C23H28ClN3O2S. The van der Waals surface area contributed by atoms with Crippen LogP contribution >= 0.6 is 22.9 Å². The highest BCUT2D eigenvalue weighted by atomic mass is 35.5. The first-order valence-corrected chi connectivity index (χ1v) is 11.4. The predicted molar refractivity (Wildman–Crippen MR) is 126 cm³/mol. The van der Waals surface area contributed by atoms with Gasteiger partial charge in [0, 0.05) is 18.1 Å². The lowest BCUT2D eigenvalue weighted by atomic mass is 10.1. The van der Waals surface area contributed by atoms with Crippen LogP contribution in [0.2, 0.25) is 5.02 Å². The molecule has 1 heterocycles. The number of fused-ring (bicyclic) bond motifs is 1. The minimum Gasteiger partial charge on any atom is -0.484 e. The molecule has 0 bridgehead atoms. The lowest BCUT2D eigenvalue weighted by molar-refractivity contribution is -0.120. The number of thiazole rings is 1. The Labute approximate surface area is 187 Å². The molecular weight excluding hydrogens is 418 g/mol. The van der Waals surface area contributed by atoms with E-state index in [0.717, 1.165) is 35.0 Å². The fourth-order valence-electron chi connectivity index (χ4n) is 3.34. The first-order chi connectivity index (χ1) is 14.4. The molecule has 3 rings (SSSR count). The first-order valence-electron chi connectivity index (χ1n) is 10.2. The molecule has 0 unspecified atom stereocenters. The van der Waals surface area contributed by atoms with Gasteiger partial charge in [-0.05, 0) is 68.4 Å². The van der Waals surface area contributed by atoms with Crippen LogP contribution in [0.25, 0.3) is 10.2 Å². The Balaban J connectivity index is 1.82. The number of hydrogen-bond acceptors (Lipinski definition) is 5. The molecule has 160 valence electrons. The zero-order valence-corrected chi connectivity index (χ0v) is 19.5. The summed E-state index contributed by atoms with van der Waals surface area (Å²) in [5.41, 5.74) is 3.29. The highest BCUT2D eigenvalue weighted by Gasteiger charge is 2.21. The molecule has 5 nitrogen and oxygen atoms in total. The van der Waals surface area contributed by atoms with Gasteiger partial charge in [-0.1, -0.05) is 42.9 Å². The molecule has 7 heteroatoms. The van der Waals surface area contributed by atoms with E-state index < -0.39 is 0 Å². The Kier molecular flexibility index (Phi) is 7.69. The minimum absolute atomic E-state index is 0.0478. The quantitative estimate of drug-likeness (QED) is 0.447. The third kappa shape index (κ3) is 5.50. The van der Waals surface area contributed by atoms with Crippen LogP contribution in [0.4, 0.5) is 5.13 Å². The highest BCUT2D eigenvalue weighted by Crippen LogP contribution is 2.32. The molecule has 0 aliphatic rings. The van der Waals surface area contributed by atoms with Gasteiger partial charge in [0.1, 0.15) is 5.75 Å². The van der Waals surface area contributed by atoms with Crippen molar-refractivity contribution in [2.45, 2.75) is 27.7 Å². The molecule has 0 saturated carbocycles. The van der Waals surface area contributed by atoms with Gasteiger partial charge in [-0.3, -0.25) is 9.69 Å². The molecule has 0 aliphatic carbocycles. The molecule has 1 amide bonds. The second kappa shape index (κ2) is 10.2. The lowest BCUT2D eigenvalue weighted by Gasteiger charge is -2.24. The number of ether oxygens (including phenoxy) is 1. The van der Waals surface area contributed by atoms with E-state index in [9.17, 15) is 4.79 Å². The second-order valence-corrected chi connectivity index (χ2v) is 8.66. The summed E-state index contributed by atoms with van der Waals surface area (Å²) < 4.78 is 6.84. The van der Waals surface area contributed by atoms with Crippen LogP contribution < -0.4 is 9.64 Å². The Morgan fingerprint density at radius 1 is 1.10 bits per heavy atom. The number of rotatable bonds is 9. The van der Waals surface area contributed by atoms with Crippen molar-refractivity contribution in [2.75, 3.05) is 37.7 Å². The van der Waals surface area contributed by atoms with E-state index in [1.165, 1.54) is 11.1 Å². The zero-order valence-electron chi connectivity index (χ0n) is 17.9. The third-order valence-corrected chi connectivity index (χ3v) is 6.53. The predicted octanol–water partition coefficient (Wildman–Crippen LogP) is 5.32. The second-order valence-electron chi connectivity index (χ2n) is 7.24. The fourth-order valence-corrected chi connectivity index (χ4v) is 4.53. The summed E-state index contributed by atoms with van der Waals surface area (Å²) in [5.74, 6) is 0.512. The SMILES string of the molecule is CCN(CC)CCN(C(=O)COc1ccc(Cl)cc1)c1nc2cc(C)cc(C)c2s1. The van der Waals surface area contributed by atoms with E-state index in [4.69, 9.17) is 21.3 Å². The van der Waals surface area contributed by atoms with Crippen LogP contribution in [0.1, 0.15) is 25.0 Å². The standard InChI is InChI=1S/C23H28ClN3O2S/c1-5-26(6-2)11-12-27(21(28)15-29-19-9-7-18(24)8-10-19)23-25-20-14-16(3)13-17(4)22(20)30-23/h7-10,13-14H,5-6,11-12,15H2,1-4H3. The molecule has 1 aromatic heterocycles. The van der Waals surface area contributed by atoms with Crippen LogP contribution in [-0.2, 0) is 4.79 Å². The summed E-state index contributed by atoms with van der Waals surface area (Å²) in [7, 11) is 0. The van der Waals surface area contributed by atoms with Crippen molar-refractivity contribution >= 4 is 44.2 Å². The van der Waals surface area contributed by atoms with Crippen molar-refractivity contribution in [1.29, 1.82) is 0 Å². The Hall–Kier alpha value is -2.15. The number of hydrogen-bond donors (Lipinski definition) is 0. The molecule has 0 saturated heterocycles. The molecule has 0 spiro atoms. The number of aromatic nitrogens is 1. The Morgan fingerprint density at radius 3 is 2.47 bits per heavy atom. The summed E-state index contributed by atoms with van der Waals surface area (Å²) in [6.45, 7) is 11.6. The summed E-state index contributed by atoms with van der Waals surface area (Å²) >= 11 is 7.49. The number of amides is 1. The topological polar surface area (TPSA) is 45.7 Å². The lowest BCUT2D eigenvalue weighted by Crippen LogP contribution is -2.41. The maximum absolute atomic E-state index is 13.1. The molecule has 0 aliphatic heterocycles. The molecule has 0 atom stereocenters. The molecule has 2 aromatic carbocycles. The van der Waals surface area contributed by atoms with Crippen molar-refractivity contribution in [3.05, 3.63) is 52.5 Å². The summed E-state index contributed by atoms with van der Waals surface area (Å²) in [4.78, 5) is 22.0. The van der Waals surface area contributed by atoms with E-state index in [1.807, 2.05) is 0 Å². The van der Waals surface area contributed by atoms with Gasteiger partial charge < -0.3 is 9.64 Å². The largest absolute Gasteiger partial charge is 0.484 e. The van der Waals surface area contributed by atoms with Crippen LogP contribution in [0.3, 0.4) is 0 Å². The third-order valence-electron chi connectivity index (χ3n) is 5.05. The summed E-state index contributed by atoms with van der Waals surface area (Å²) in [6.07, 6.45) is 0. The number of benzene rings is 2. The van der Waals surface area contributed by atoms with Gasteiger partial charge in [-0.25, -0.2) is 4.98 Å². The van der Waals surface area contributed by atoms with Crippen LogP contribution in [0, 0.1) is 13.8 Å². The molecule has 30 heavy (non-hydrogen) atoms. The minimum atomic E-state index is -0.106. The van der Waals surface area contributed by atoms with Gasteiger partial charge in [0.15, 0.2) is 11.7 Å². The fraction of sp³-hybridized carbons (Fsp3) is 0.391. The number of halogens is 1. The maximum atomic E-state index is 13.1. The molecule has 0 fully saturated rings. The molecule has 0 N–H and O–H groups in total. The van der Waals surface area contributed by atoms with Crippen LogP contribution in [0.5, 0.6) is 5.75 Å². The number of carbonyl (C=O) groups excluding carboxylic acids is 1.